The molecule has 1 saturated heterocycles. The first-order valence-corrected chi connectivity index (χ1v) is 7.52. The van der Waals surface area contributed by atoms with Crippen LogP contribution in [0.15, 0.2) is 12.1 Å². The van der Waals surface area contributed by atoms with Crippen LogP contribution >= 0.6 is 11.6 Å². The van der Waals surface area contributed by atoms with Crippen molar-refractivity contribution in [2.45, 2.75) is 32.7 Å². The molecule has 0 unspecified atom stereocenters. The number of anilines is 1. The SMILES string of the molecule is CC(C)CN1CCC[C@@H]1CNc1ccc(Cl)c(C#N)n1. The molecule has 0 saturated carbocycles. The summed E-state index contributed by atoms with van der Waals surface area (Å²) in [4.78, 5) is 6.76. The Morgan fingerprint density at radius 1 is 1.55 bits per heavy atom. The van der Waals surface area contributed by atoms with E-state index in [1.54, 1.807) is 6.07 Å². The normalized spacial score (nSPS) is 19.2. The highest BCUT2D eigenvalue weighted by Crippen LogP contribution is 2.20. The van der Waals surface area contributed by atoms with Crippen LogP contribution < -0.4 is 5.32 Å². The third kappa shape index (κ3) is 3.84. The molecule has 2 heterocycles. The summed E-state index contributed by atoms with van der Waals surface area (Å²) in [5.74, 6) is 1.41. The number of hydrogen-bond donors (Lipinski definition) is 1. The van der Waals surface area contributed by atoms with Crippen molar-refractivity contribution in [2.24, 2.45) is 5.92 Å². The van der Waals surface area contributed by atoms with Crippen molar-refractivity contribution in [3.8, 4) is 6.07 Å². The minimum absolute atomic E-state index is 0.280. The Balaban J connectivity index is 1.93. The molecule has 0 aromatic carbocycles. The number of nitriles is 1. The maximum atomic E-state index is 8.93. The van der Waals surface area contributed by atoms with Gasteiger partial charge in [-0.1, -0.05) is 25.4 Å². The monoisotopic (exact) mass is 292 g/mol. The Labute approximate surface area is 125 Å². The van der Waals surface area contributed by atoms with Gasteiger partial charge in [0.2, 0.25) is 0 Å². The van der Waals surface area contributed by atoms with Gasteiger partial charge in [-0.15, -0.1) is 0 Å². The summed E-state index contributed by atoms with van der Waals surface area (Å²) >= 11 is 5.88. The second-order valence-corrected chi connectivity index (χ2v) is 6.11. The van der Waals surface area contributed by atoms with E-state index < -0.39 is 0 Å². The summed E-state index contributed by atoms with van der Waals surface area (Å²) in [5.41, 5.74) is 0.280. The molecule has 1 aliphatic heterocycles. The average Bonchev–Trinajstić information content (AvgIpc) is 2.84. The van der Waals surface area contributed by atoms with E-state index in [1.807, 2.05) is 12.1 Å². The van der Waals surface area contributed by atoms with E-state index in [2.05, 4.69) is 29.0 Å². The molecule has 0 aliphatic carbocycles. The van der Waals surface area contributed by atoms with Crippen LogP contribution in [0.4, 0.5) is 5.82 Å². The largest absolute Gasteiger partial charge is 0.368 e. The molecule has 2 rings (SSSR count). The Hall–Kier alpha value is -1.31. The lowest BCUT2D eigenvalue weighted by Crippen LogP contribution is -2.37. The topological polar surface area (TPSA) is 52.0 Å². The molecule has 1 N–H and O–H groups in total. The van der Waals surface area contributed by atoms with E-state index in [1.165, 1.54) is 19.4 Å². The third-order valence-corrected chi connectivity index (χ3v) is 3.87. The van der Waals surface area contributed by atoms with Crippen molar-refractivity contribution in [1.29, 1.82) is 5.26 Å². The summed E-state index contributed by atoms with van der Waals surface area (Å²) in [6.07, 6.45) is 2.48. The second-order valence-electron chi connectivity index (χ2n) is 5.70. The molecule has 1 aromatic heterocycles. The number of pyridine rings is 1. The first-order valence-electron chi connectivity index (χ1n) is 7.14. The van der Waals surface area contributed by atoms with Crippen molar-refractivity contribution in [2.75, 3.05) is 25.0 Å². The molecule has 1 aliphatic rings. The second kappa shape index (κ2) is 6.92. The van der Waals surface area contributed by atoms with E-state index in [9.17, 15) is 0 Å². The van der Waals surface area contributed by atoms with Gasteiger partial charge in [-0.05, 0) is 37.4 Å². The first-order chi connectivity index (χ1) is 9.60. The molecule has 0 radical (unpaired) electrons. The Bertz CT molecular complexity index is 495. The van der Waals surface area contributed by atoms with Gasteiger partial charge in [0.05, 0.1) is 5.02 Å². The molecule has 1 aromatic rings. The van der Waals surface area contributed by atoms with Gasteiger partial charge in [-0.3, -0.25) is 4.90 Å². The maximum absolute atomic E-state index is 8.93. The molecule has 108 valence electrons. The van der Waals surface area contributed by atoms with E-state index in [0.29, 0.717) is 17.0 Å². The van der Waals surface area contributed by atoms with Crippen LogP contribution in [0.3, 0.4) is 0 Å². The third-order valence-electron chi connectivity index (χ3n) is 3.57. The smallest absolute Gasteiger partial charge is 0.161 e. The van der Waals surface area contributed by atoms with Gasteiger partial charge in [0, 0.05) is 19.1 Å². The Kier molecular flexibility index (Phi) is 5.22. The predicted octanol–water partition coefficient (Wildman–Crippen LogP) is 3.14. The summed E-state index contributed by atoms with van der Waals surface area (Å²) in [5, 5.41) is 12.7. The van der Waals surface area contributed by atoms with Crippen LogP contribution in [0.1, 0.15) is 32.4 Å². The molecular formula is C15H21ClN4. The number of hydrogen-bond acceptors (Lipinski definition) is 4. The van der Waals surface area contributed by atoms with Crippen LogP contribution in [-0.4, -0.2) is 35.6 Å². The Morgan fingerprint density at radius 2 is 2.35 bits per heavy atom. The van der Waals surface area contributed by atoms with E-state index in [-0.39, 0.29) is 5.69 Å². The molecule has 0 bridgehead atoms. The maximum Gasteiger partial charge on any atom is 0.161 e. The molecule has 20 heavy (non-hydrogen) atoms. The zero-order chi connectivity index (χ0) is 14.5. The fraction of sp³-hybridized carbons (Fsp3) is 0.600. The van der Waals surface area contributed by atoms with Gasteiger partial charge in [-0.2, -0.15) is 5.26 Å². The Morgan fingerprint density at radius 3 is 3.05 bits per heavy atom. The quantitative estimate of drug-likeness (QED) is 0.906. The summed E-state index contributed by atoms with van der Waals surface area (Å²) in [6, 6.07) is 6.10. The molecule has 1 atom stereocenters. The lowest BCUT2D eigenvalue weighted by atomic mass is 10.1. The first kappa shape index (κ1) is 15.1. The number of rotatable bonds is 5. The fourth-order valence-corrected chi connectivity index (χ4v) is 2.82. The lowest BCUT2D eigenvalue weighted by Gasteiger charge is -2.26. The zero-order valence-electron chi connectivity index (χ0n) is 12.1. The standard InChI is InChI=1S/C15H21ClN4/c1-11(2)10-20-7-3-4-12(20)9-18-15-6-5-13(16)14(8-17)19-15/h5-6,11-12H,3-4,7,9-10H2,1-2H3,(H,18,19)/t12-/m1/s1. The van der Waals surface area contributed by atoms with Gasteiger partial charge in [0.25, 0.3) is 0 Å². The molecule has 1 fully saturated rings. The van der Waals surface area contributed by atoms with E-state index >= 15 is 0 Å². The highest BCUT2D eigenvalue weighted by molar-refractivity contribution is 6.31. The van der Waals surface area contributed by atoms with Crippen LogP contribution in [0.2, 0.25) is 5.02 Å². The fourth-order valence-electron chi connectivity index (χ4n) is 2.68. The molecular weight excluding hydrogens is 272 g/mol. The minimum atomic E-state index is 0.280. The lowest BCUT2D eigenvalue weighted by molar-refractivity contribution is 0.234. The number of likely N-dealkylation sites (tertiary alicyclic amines) is 1. The van der Waals surface area contributed by atoms with Crippen LogP contribution in [0.5, 0.6) is 0 Å². The average molecular weight is 293 g/mol. The zero-order valence-corrected chi connectivity index (χ0v) is 12.8. The van der Waals surface area contributed by atoms with Crippen LogP contribution in [0, 0.1) is 17.2 Å². The highest BCUT2D eigenvalue weighted by atomic mass is 35.5. The number of nitrogens with zero attached hydrogens (tertiary/aromatic N) is 3. The van der Waals surface area contributed by atoms with Gasteiger partial charge in [-0.25, -0.2) is 4.98 Å². The van der Waals surface area contributed by atoms with Crippen LogP contribution in [-0.2, 0) is 0 Å². The summed E-state index contributed by atoms with van der Waals surface area (Å²) in [7, 11) is 0. The van der Waals surface area contributed by atoms with E-state index in [0.717, 1.165) is 18.9 Å². The van der Waals surface area contributed by atoms with Gasteiger partial charge in [0.15, 0.2) is 5.69 Å². The van der Waals surface area contributed by atoms with Crippen molar-refractivity contribution < 1.29 is 0 Å². The molecule has 5 heteroatoms. The van der Waals surface area contributed by atoms with E-state index in [4.69, 9.17) is 16.9 Å². The molecule has 0 amide bonds. The predicted molar refractivity (Wildman–Crippen MR) is 81.9 cm³/mol. The van der Waals surface area contributed by atoms with Gasteiger partial charge >= 0.3 is 0 Å². The van der Waals surface area contributed by atoms with Crippen LogP contribution in [0.25, 0.3) is 0 Å². The number of halogens is 1. The number of nitrogens with one attached hydrogen (secondary N) is 1. The molecule has 0 spiro atoms. The highest BCUT2D eigenvalue weighted by Gasteiger charge is 2.24. The van der Waals surface area contributed by atoms with Gasteiger partial charge in [0.1, 0.15) is 11.9 Å². The van der Waals surface area contributed by atoms with Crippen molar-refractivity contribution in [3.05, 3.63) is 22.8 Å². The summed E-state index contributed by atoms with van der Waals surface area (Å²) in [6.45, 7) is 7.70. The molecule has 4 nitrogen and oxygen atoms in total. The van der Waals surface area contributed by atoms with Crippen molar-refractivity contribution >= 4 is 17.4 Å². The summed E-state index contributed by atoms with van der Waals surface area (Å²) < 4.78 is 0. The van der Waals surface area contributed by atoms with Crippen molar-refractivity contribution in [1.82, 2.24) is 9.88 Å². The number of aromatic nitrogens is 1. The minimum Gasteiger partial charge on any atom is -0.368 e. The van der Waals surface area contributed by atoms with Gasteiger partial charge < -0.3 is 5.32 Å². The van der Waals surface area contributed by atoms with Crippen molar-refractivity contribution in [3.63, 3.8) is 0 Å².